The number of nitrogens with one attached hydrogen (secondary N) is 3. The Kier molecular flexibility index (Phi) is 36.5. The number of aryl methyl sites for hydroxylation is 2. The fraction of sp³-hybridized carbons (Fsp3) is 0.561. The van der Waals surface area contributed by atoms with Crippen LogP contribution in [0.2, 0.25) is 0 Å². The molecular formula is C57H85N6O9Y-. The first-order chi connectivity index (χ1) is 34.7. The number of hydrogen-bond acceptors (Lipinski definition) is 11. The van der Waals surface area contributed by atoms with E-state index in [-0.39, 0.29) is 62.0 Å². The molecule has 4 amide bonds. The second-order valence-electron chi connectivity index (χ2n) is 17.7. The van der Waals surface area contributed by atoms with Crippen LogP contribution in [-0.2, 0) is 70.8 Å². The number of carbonyl (C=O) groups is 4. The predicted molar refractivity (Wildman–Crippen MR) is 286 cm³/mol. The van der Waals surface area contributed by atoms with E-state index in [1.807, 2.05) is 43.0 Å². The molecule has 73 heavy (non-hydrogen) atoms. The van der Waals surface area contributed by atoms with Crippen molar-refractivity contribution in [3.63, 3.8) is 0 Å². The standard InChI is InChI=1S/C41H62N4O8.C8H10.C6H7N2O.C2H6.Y/c1-31(2)37-28-32(3)45(33(4)46)39-13-12-36(29-38(37)39)34-8-10-35(11-9-34)41(48)43-15-19-50-21-23-52-25-27-53-26-24-51-22-20-49-18-14-42-40(47)30-44-16-6-5-7-17-44;1-7-3-5-8(2)6-4-7;1-3-8-6(9)5(2)4-7;1-2;/h8-13,29,31-32,37H,5-7,14-28,30H2,1-4H3,(H,42,47)(H,43,48);3-6H,1-2H3;2H,3H2,1H3,(H,8,9);1-2H3;/q;;-1;;. The van der Waals surface area contributed by atoms with Gasteiger partial charge < -0.3 is 49.3 Å². The van der Waals surface area contributed by atoms with Gasteiger partial charge in [0.25, 0.3) is 5.91 Å². The van der Waals surface area contributed by atoms with Crippen molar-refractivity contribution in [2.75, 3.05) is 110 Å². The molecule has 3 aromatic rings. The third-order valence-electron chi connectivity index (χ3n) is 11.7. The minimum atomic E-state index is -0.500. The summed E-state index contributed by atoms with van der Waals surface area (Å²) >= 11 is 0. The number of hydrogen-bond donors (Lipinski definition) is 3. The first-order valence-corrected chi connectivity index (χ1v) is 25.8. The van der Waals surface area contributed by atoms with E-state index in [0.29, 0.717) is 110 Å². The summed E-state index contributed by atoms with van der Waals surface area (Å²) in [6, 6.07) is 24.1. The fourth-order valence-corrected chi connectivity index (χ4v) is 7.92. The van der Waals surface area contributed by atoms with E-state index >= 15 is 0 Å². The second kappa shape index (κ2) is 40.0. The SMILES string of the molecule is CC.CC(=O)N1c2ccc(-c3ccc(C(=O)NCCOCCOCCOCCOCCOCCNC(=O)CN4CCCCC4)cc3)cc2C(C(C)C)CC1C.Cc1ccc(C)cc1.[CH-]=C(C#N)C(=O)NCC.[Y]. The Hall–Kier alpha value is -4.37. The molecule has 2 heterocycles. The van der Waals surface area contributed by atoms with Crippen LogP contribution in [0.5, 0.6) is 0 Å². The Labute approximate surface area is 462 Å². The van der Waals surface area contributed by atoms with E-state index in [1.54, 1.807) is 13.8 Å². The average molecular weight is 1090 g/mol. The van der Waals surface area contributed by atoms with Crippen molar-refractivity contribution in [3.05, 3.63) is 101 Å². The summed E-state index contributed by atoms with van der Waals surface area (Å²) < 4.78 is 27.7. The normalized spacial score (nSPS) is 14.7. The Bertz CT molecular complexity index is 2050. The fourth-order valence-electron chi connectivity index (χ4n) is 7.92. The zero-order valence-corrected chi connectivity index (χ0v) is 48.2. The van der Waals surface area contributed by atoms with Gasteiger partial charge in [-0.15, -0.1) is 0 Å². The number of likely N-dealkylation sites (tertiary alicyclic amines) is 1. The zero-order chi connectivity index (χ0) is 53.1. The number of amides is 4. The molecule has 0 bridgehead atoms. The van der Waals surface area contributed by atoms with Crippen LogP contribution in [0.25, 0.3) is 11.1 Å². The van der Waals surface area contributed by atoms with Gasteiger partial charge in [0.1, 0.15) is 5.91 Å². The molecule has 2 atom stereocenters. The second-order valence-corrected chi connectivity index (χ2v) is 17.7. The van der Waals surface area contributed by atoms with Crippen LogP contribution >= 0.6 is 0 Å². The Morgan fingerprint density at radius 3 is 1.66 bits per heavy atom. The summed E-state index contributed by atoms with van der Waals surface area (Å²) in [6.07, 6.45) is 4.56. The third-order valence-corrected chi connectivity index (χ3v) is 11.7. The Balaban J connectivity index is 0.00000112. The molecule has 16 heteroatoms. The summed E-state index contributed by atoms with van der Waals surface area (Å²) in [7, 11) is 0. The van der Waals surface area contributed by atoms with Crippen LogP contribution in [-0.4, -0.2) is 140 Å². The van der Waals surface area contributed by atoms with E-state index in [0.717, 1.165) is 36.3 Å². The van der Waals surface area contributed by atoms with Gasteiger partial charge in [-0.3, -0.25) is 24.5 Å². The molecule has 1 radical (unpaired) electrons. The Morgan fingerprint density at radius 2 is 1.19 bits per heavy atom. The average Bonchev–Trinajstić information content (AvgIpc) is 3.38. The van der Waals surface area contributed by atoms with Crippen LogP contribution in [0.15, 0.2) is 72.3 Å². The first kappa shape index (κ1) is 66.6. The quantitative estimate of drug-likeness (QED) is 0.0324. The van der Waals surface area contributed by atoms with Crippen molar-refractivity contribution < 1.29 is 75.6 Å². The van der Waals surface area contributed by atoms with Gasteiger partial charge in [-0.05, 0) is 113 Å². The molecule has 3 aromatic carbocycles. The molecule has 0 aliphatic carbocycles. The maximum absolute atomic E-state index is 12.7. The number of carbonyl (C=O) groups excluding carboxylic acids is 4. The molecule has 2 unspecified atom stereocenters. The molecule has 1 fully saturated rings. The van der Waals surface area contributed by atoms with E-state index in [1.165, 1.54) is 42.0 Å². The number of benzene rings is 3. The van der Waals surface area contributed by atoms with Gasteiger partial charge in [0.15, 0.2) is 0 Å². The Morgan fingerprint density at radius 1 is 0.712 bits per heavy atom. The van der Waals surface area contributed by atoms with Crippen LogP contribution in [0, 0.1) is 37.7 Å². The van der Waals surface area contributed by atoms with E-state index in [9.17, 15) is 19.2 Å². The van der Waals surface area contributed by atoms with Crippen molar-refractivity contribution >= 4 is 29.3 Å². The summed E-state index contributed by atoms with van der Waals surface area (Å²) in [6.45, 7) is 31.6. The number of fused-ring (bicyclic) bond motifs is 1. The monoisotopic (exact) mass is 1090 g/mol. The molecular weight excluding hydrogens is 1000 g/mol. The van der Waals surface area contributed by atoms with Crippen molar-refractivity contribution in [1.82, 2.24) is 20.9 Å². The van der Waals surface area contributed by atoms with Gasteiger partial charge in [-0.1, -0.05) is 99.3 Å². The van der Waals surface area contributed by atoms with Gasteiger partial charge >= 0.3 is 0 Å². The van der Waals surface area contributed by atoms with Gasteiger partial charge in [0.2, 0.25) is 11.8 Å². The van der Waals surface area contributed by atoms with E-state index in [2.05, 4.69) is 97.9 Å². The number of rotatable bonds is 25. The number of piperidine rings is 1. The molecule has 401 valence electrons. The van der Waals surface area contributed by atoms with E-state index in [4.69, 9.17) is 35.5 Å². The van der Waals surface area contributed by atoms with Crippen LogP contribution in [0.1, 0.15) is 107 Å². The minimum Gasteiger partial charge on any atom is -0.404 e. The molecule has 2 aliphatic rings. The topological polar surface area (TPSA) is 181 Å². The van der Waals surface area contributed by atoms with Crippen LogP contribution in [0.3, 0.4) is 0 Å². The number of ether oxygens (including phenoxy) is 5. The molecule has 5 rings (SSSR count). The molecule has 3 N–H and O–H groups in total. The molecule has 0 aromatic heterocycles. The van der Waals surface area contributed by atoms with Gasteiger partial charge in [0, 0.05) is 76.6 Å². The maximum Gasteiger partial charge on any atom is 0.251 e. The molecule has 0 spiro atoms. The van der Waals surface area contributed by atoms with Crippen LogP contribution < -0.4 is 20.9 Å². The smallest absolute Gasteiger partial charge is 0.251 e. The number of anilines is 1. The van der Waals surface area contributed by atoms with Crippen molar-refractivity contribution in [2.24, 2.45) is 5.92 Å². The molecule has 15 nitrogen and oxygen atoms in total. The van der Waals surface area contributed by atoms with Gasteiger partial charge in [-0.2, -0.15) is 0 Å². The van der Waals surface area contributed by atoms with Crippen molar-refractivity contribution in [2.45, 2.75) is 100.0 Å². The summed E-state index contributed by atoms with van der Waals surface area (Å²) in [5.74, 6) is 0.324. The van der Waals surface area contributed by atoms with Crippen LogP contribution in [0.4, 0.5) is 5.69 Å². The zero-order valence-electron chi connectivity index (χ0n) is 45.4. The number of likely N-dealkylation sites (N-methyl/N-ethyl adjacent to an activating group) is 1. The predicted octanol–water partition coefficient (Wildman–Crippen LogP) is 7.99. The van der Waals surface area contributed by atoms with Crippen molar-refractivity contribution in [1.29, 1.82) is 5.26 Å². The molecule has 0 saturated carbocycles. The maximum atomic E-state index is 12.7. The summed E-state index contributed by atoms with van der Waals surface area (Å²) in [5.41, 5.74) is 7.28. The molecule has 1 saturated heterocycles. The summed E-state index contributed by atoms with van der Waals surface area (Å²) in [4.78, 5) is 51.7. The largest absolute Gasteiger partial charge is 0.404 e. The minimum absolute atomic E-state index is 0. The first-order valence-electron chi connectivity index (χ1n) is 25.8. The number of nitriles is 1. The van der Waals surface area contributed by atoms with Gasteiger partial charge in [-0.25, -0.2) is 6.58 Å². The van der Waals surface area contributed by atoms with E-state index < -0.39 is 5.91 Å². The van der Waals surface area contributed by atoms with Gasteiger partial charge in [0.05, 0.1) is 72.6 Å². The third kappa shape index (κ3) is 27.1. The molecule has 2 aliphatic heterocycles. The van der Waals surface area contributed by atoms with Crippen molar-refractivity contribution in [3.8, 4) is 17.2 Å². The summed E-state index contributed by atoms with van der Waals surface area (Å²) in [5, 5.41) is 16.2. The number of nitrogens with zero attached hydrogens (tertiary/aromatic N) is 3.